The summed E-state index contributed by atoms with van der Waals surface area (Å²) in [5, 5.41) is 0. The highest BCUT2D eigenvalue weighted by Crippen LogP contribution is 2.34. The second kappa shape index (κ2) is 4.50. The third-order valence-corrected chi connectivity index (χ3v) is 3.93. The van der Waals surface area contributed by atoms with Crippen LogP contribution in [0.15, 0.2) is 59.1 Å². The van der Waals surface area contributed by atoms with E-state index in [0.29, 0.717) is 0 Å². The fourth-order valence-electron chi connectivity index (χ4n) is 2.42. The van der Waals surface area contributed by atoms with Gasteiger partial charge in [0.15, 0.2) is 0 Å². The van der Waals surface area contributed by atoms with Gasteiger partial charge in [0.05, 0.1) is 0 Å². The van der Waals surface area contributed by atoms with Gasteiger partial charge in [-0.05, 0) is 41.2 Å². The van der Waals surface area contributed by atoms with Crippen LogP contribution < -0.4 is 0 Å². The van der Waals surface area contributed by atoms with Crippen molar-refractivity contribution in [2.24, 2.45) is 0 Å². The zero-order valence-corrected chi connectivity index (χ0v) is 11.1. The minimum atomic E-state index is 1.13. The summed E-state index contributed by atoms with van der Waals surface area (Å²) in [6.45, 7) is 0. The second-order valence-corrected chi connectivity index (χ2v) is 5.15. The van der Waals surface area contributed by atoms with Gasteiger partial charge in [-0.15, -0.1) is 0 Å². The van der Waals surface area contributed by atoms with E-state index in [0.717, 1.165) is 12.8 Å². The summed E-state index contributed by atoms with van der Waals surface area (Å²) >= 11 is 3.64. The molecule has 0 aromatic heterocycles. The van der Waals surface area contributed by atoms with E-state index in [1.54, 1.807) is 0 Å². The Labute approximate surface area is 110 Å². The van der Waals surface area contributed by atoms with Gasteiger partial charge >= 0.3 is 0 Å². The molecule has 1 heteroatoms. The molecule has 2 aromatic rings. The molecule has 0 nitrogen and oxygen atoms in total. The van der Waals surface area contributed by atoms with Crippen molar-refractivity contribution < 1.29 is 0 Å². The molecule has 0 N–H and O–H groups in total. The minimum absolute atomic E-state index is 1.13. The SMILES string of the molecule is Brc1ccccc1C1=CCCc2ccccc21. The van der Waals surface area contributed by atoms with Crippen molar-refractivity contribution in [1.29, 1.82) is 0 Å². The summed E-state index contributed by atoms with van der Waals surface area (Å²) in [5.41, 5.74) is 5.49. The lowest BCUT2D eigenvalue weighted by atomic mass is 9.87. The van der Waals surface area contributed by atoms with E-state index < -0.39 is 0 Å². The molecular weight excluding hydrogens is 272 g/mol. The van der Waals surface area contributed by atoms with E-state index >= 15 is 0 Å². The molecule has 84 valence electrons. The highest BCUT2D eigenvalue weighted by atomic mass is 79.9. The summed E-state index contributed by atoms with van der Waals surface area (Å²) in [6.07, 6.45) is 4.64. The Kier molecular flexibility index (Phi) is 2.86. The molecule has 1 aliphatic carbocycles. The Balaban J connectivity index is 2.17. The molecule has 0 bridgehead atoms. The van der Waals surface area contributed by atoms with E-state index in [-0.39, 0.29) is 0 Å². The Bertz CT molecular complexity index is 582. The topological polar surface area (TPSA) is 0 Å². The van der Waals surface area contributed by atoms with E-state index in [4.69, 9.17) is 0 Å². The Morgan fingerprint density at radius 3 is 2.35 bits per heavy atom. The van der Waals surface area contributed by atoms with Crippen molar-refractivity contribution in [3.05, 3.63) is 75.8 Å². The van der Waals surface area contributed by atoms with Crippen molar-refractivity contribution in [1.82, 2.24) is 0 Å². The first-order valence-electron chi connectivity index (χ1n) is 5.89. The third-order valence-electron chi connectivity index (χ3n) is 3.23. The van der Waals surface area contributed by atoms with Crippen LogP contribution in [0.4, 0.5) is 0 Å². The van der Waals surface area contributed by atoms with Crippen LogP contribution in [-0.4, -0.2) is 0 Å². The highest BCUT2D eigenvalue weighted by Gasteiger charge is 2.14. The number of fused-ring (bicyclic) bond motifs is 1. The van der Waals surface area contributed by atoms with Gasteiger partial charge in [0.25, 0.3) is 0 Å². The number of benzene rings is 2. The molecule has 0 heterocycles. The summed E-state index contributed by atoms with van der Waals surface area (Å²) < 4.78 is 1.17. The lowest BCUT2D eigenvalue weighted by Crippen LogP contribution is -2.00. The average molecular weight is 285 g/mol. The number of halogens is 1. The van der Waals surface area contributed by atoms with Gasteiger partial charge in [-0.2, -0.15) is 0 Å². The third kappa shape index (κ3) is 1.96. The van der Waals surface area contributed by atoms with Gasteiger partial charge in [0, 0.05) is 4.47 Å². The normalized spacial score (nSPS) is 14.1. The molecule has 0 radical (unpaired) electrons. The molecule has 0 atom stereocenters. The summed E-state index contributed by atoms with van der Waals surface area (Å²) in [7, 11) is 0. The predicted octanol–water partition coefficient (Wildman–Crippen LogP) is 4.83. The lowest BCUT2D eigenvalue weighted by Gasteiger charge is -2.18. The summed E-state index contributed by atoms with van der Waals surface area (Å²) in [5.74, 6) is 0. The first-order valence-corrected chi connectivity index (χ1v) is 6.69. The largest absolute Gasteiger partial charge is 0.0757 e. The van der Waals surface area contributed by atoms with Crippen LogP contribution in [0.25, 0.3) is 5.57 Å². The zero-order valence-electron chi connectivity index (χ0n) is 9.49. The maximum Gasteiger partial charge on any atom is 0.0253 e. The van der Waals surface area contributed by atoms with Gasteiger partial charge in [-0.3, -0.25) is 0 Å². The molecule has 2 aromatic carbocycles. The van der Waals surface area contributed by atoms with Gasteiger partial charge in [-0.25, -0.2) is 0 Å². The Morgan fingerprint density at radius 2 is 1.53 bits per heavy atom. The van der Waals surface area contributed by atoms with Crippen LogP contribution in [-0.2, 0) is 6.42 Å². The Hall–Kier alpha value is -1.34. The number of allylic oxidation sites excluding steroid dienone is 1. The summed E-state index contributed by atoms with van der Waals surface area (Å²) in [6, 6.07) is 17.1. The molecule has 1 aliphatic rings. The molecule has 17 heavy (non-hydrogen) atoms. The van der Waals surface area contributed by atoms with Crippen molar-refractivity contribution in [2.75, 3.05) is 0 Å². The van der Waals surface area contributed by atoms with E-state index in [9.17, 15) is 0 Å². The Morgan fingerprint density at radius 1 is 0.824 bits per heavy atom. The van der Waals surface area contributed by atoms with Crippen LogP contribution >= 0.6 is 15.9 Å². The molecule has 0 unspecified atom stereocenters. The molecule has 0 fully saturated rings. The second-order valence-electron chi connectivity index (χ2n) is 4.29. The molecule has 0 spiro atoms. The molecule has 0 amide bonds. The monoisotopic (exact) mass is 284 g/mol. The highest BCUT2D eigenvalue weighted by molar-refractivity contribution is 9.10. The molecular formula is C16H13Br. The molecule has 0 saturated carbocycles. The van der Waals surface area contributed by atoms with Crippen molar-refractivity contribution in [3.63, 3.8) is 0 Å². The van der Waals surface area contributed by atoms with Crippen LogP contribution in [0.2, 0.25) is 0 Å². The average Bonchev–Trinajstić information content (AvgIpc) is 2.39. The van der Waals surface area contributed by atoms with E-state index in [2.05, 4.69) is 70.5 Å². The maximum atomic E-state index is 3.64. The molecule has 0 aliphatic heterocycles. The fraction of sp³-hybridized carbons (Fsp3) is 0.125. The first kappa shape index (κ1) is 10.8. The van der Waals surface area contributed by atoms with Gasteiger partial charge in [-0.1, -0.05) is 64.5 Å². The first-order chi connectivity index (χ1) is 8.36. The lowest BCUT2D eigenvalue weighted by molar-refractivity contribution is 0.977. The van der Waals surface area contributed by atoms with Gasteiger partial charge in [0.1, 0.15) is 0 Å². The van der Waals surface area contributed by atoms with Crippen LogP contribution in [0.3, 0.4) is 0 Å². The fourth-order valence-corrected chi connectivity index (χ4v) is 2.92. The van der Waals surface area contributed by atoms with Crippen molar-refractivity contribution in [2.45, 2.75) is 12.8 Å². The smallest absolute Gasteiger partial charge is 0.0253 e. The zero-order chi connectivity index (χ0) is 11.7. The quantitative estimate of drug-likeness (QED) is 0.704. The minimum Gasteiger partial charge on any atom is -0.0757 e. The van der Waals surface area contributed by atoms with Crippen molar-refractivity contribution >= 4 is 21.5 Å². The van der Waals surface area contributed by atoms with Gasteiger partial charge in [0.2, 0.25) is 0 Å². The number of hydrogen-bond acceptors (Lipinski definition) is 0. The standard InChI is InChI=1S/C16H13Br/c17-16-11-4-3-9-15(16)14-10-5-7-12-6-1-2-8-13(12)14/h1-4,6,8-11H,5,7H2. The molecule has 0 saturated heterocycles. The number of hydrogen-bond donors (Lipinski definition) is 0. The maximum absolute atomic E-state index is 3.64. The van der Waals surface area contributed by atoms with E-state index in [1.807, 2.05) is 0 Å². The summed E-state index contributed by atoms with van der Waals surface area (Å²) in [4.78, 5) is 0. The molecule has 3 rings (SSSR count). The van der Waals surface area contributed by atoms with Crippen molar-refractivity contribution in [3.8, 4) is 0 Å². The van der Waals surface area contributed by atoms with E-state index in [1.165, 1.54) is 26.7 Å². The number of aryl methyl sites for hydroxylation is 1. The van der Waals surface area contributed by atoms with Crippen LogP contribution in [0.1, 0.15) is 23.1 Å². The predicted molar refractivity (Wildman–Crippen MR) is 76.0 cm³/mol. The van der Waals surface area contributed by atoms with Crippen LogP contribution in [0, 0.1) is 0 Å². The van der Waals surface area contributed by atoms with Crippen LogP contribution in [0.5, 0.6) is 0 Å². The van der Waals surface area contributed by atoms with Gasteiger partial charge < -0.3 is 0 Å². The number of rotatable bonds is 1.